The van der Waals surface area contributed by atoms with E-state index in [-0.39, 0.29) is 43.5 Å². The number of nitrogens with zero attached hydrogens (tertiary/aromatic N) is 2. The maximum absolute atomic E-state index is 13.0. The molecule has 1 aromatic rings. The quantitative estimate of drug-likeness (QED) is 0.626. The van der Waals surface area contributed by atoms with Crippen LogP contribution in [0.1, 0.15) is 32.1 Å². The number of likely N-dealkylation sites (tertiary alicyclic amines) is 1. The second kappa shape index (κ2) is 10.1. The van der Waals surface area contributed by atoms with Crippen LogP contribution in [0, 0.1) is 0 Å². The van der Waals surface area contributed by atoms with E-state index in [4.69, 9.17) is 16.3 Å². The molecule has 1 saturated carbocycles. The number of urea groups is 1. The number of ether oxygens (including phenoxy) is 1. The molecule has 0 bridgehead atoms. The van der Waals surface area contributed by atoms with Gasteiger partial charge in [0.25, 0.3) is 0 Å². The lowest BCUT2D eigenvalue weighted by Crippen LogP contribution is -2.53. The molecular weight excluding hydrogens is 436 g/mol. The van der Waals surface area contributed by atoms with Gasteiger partial charge in [0, 0.05) is 42.3 Å². The fourth-order valence-electron chi connectivity index (χ4n) is 4.76. The van der Waals surface area contributed by atoms with Crippen molar-refractivity contribution >= 4 is 35.1 Å². The number of hydrogen-bond acceptors (Lipinski definition) is 5. The molecule has 174 valence electrons. The number of aliphatic hydroxyl groups excluding tert-OH is 1. The van der Waals surface area contributed by atoms with Crippen LogP contribution in [0.2, 0.25) is 5.02 Å². The molecule has 32 heavy (non-hydrogen) atoms. The first-order chi connectivity index (χ1) is 15.4. The zero-order valence-corrected chi connectivity index (χ0v) is 18.6. The Morgan fingerprint density at radius 2 is 1.84 bits per heavy atom. The Hall–Kier alpha value is -2.36. The Labute approximate surface area is 192 Å². The zero-order valence-electron chi connectivity index (χ0n) is 17.8. The number of β-amino-alcohol motifs (C(OH)–C–C–N with tert-alkyl or cyclic N) is 1. The van der Waals surface area contributed by atoms with Gasteiger partial charge >= 0.3 is 6.03 Å². The van der Waals surface area contributed by atoms with Gasteiger partial charge in [0.1, 0.15) is 12.6 Å². The van der Waals surface area contributed by atoms with Crippen LogP contribution in [0.4, 0.5) is 10.5 Å². The second-order valence-electron chi connectivity index (χ2n) is 8.65. The Kier molecular flexibility index (Phi) is 7.17. The van der Waals surface area contributed by atoms with E-state index in [0.29, 0.717) is 23.9 Å². The maximum atomic E-state index is 13.0. The summed E-state index contributed by atoms with van der Waals surface area (Å²) in [7, 11) is 0. The molecule has 0 unspecified atom stereocenters. The average Bonchev–Trinajstić information content (AvgIpc) is 3.18. The van der Waals surface area contributed by atoms with Gasteiger partial charge in [-0.15, -0.1) is 0 Å². The minimum atomic E-state index is -0.746. The molecule has 4 amide bonds. The monoisotopic (exact) mass is 464 g/mol. The van der Waals surface area contributed by atoms with Crippen molar-refractivity contribution in [1.82, 2.24) is 15.1 Å². The highest BCUT2D eigenvalue weighted by Gasteiger charge is 2.40. The third-order valence-corrected chi connectivity index (χ3v) is 6.70. The van der Waals surface area contributed by atoms with Crippen LogP contribution in [0.25, 0.3) is 0 Å². The Morgan fingerprint density at radius 3 is 2.53 bits per heavy atom. The summed E-state index contributed by atoms with van der Waals surface area (Å²) in [6.45, 7) is 1.44. The van der Waals surface area contributed by atoms with E-state index in [1.165, 1.54) is 4.90 Å². The molecule has 9 nitrogen and oxygen atoms in total. The molecule has 0 spiro atoms. The number of carbonyl (C=O) groups is 3. The first-order valence-corrected chi connectivity index (χ1v) is 11.5. The molecule has 2 saturated heterocycles. The molecule has 3 fully saturated rings. The first kappa shape index (κ1) is 22.8. The van der Waals surface area contributed by atoms with Crippen molar-refractivity contribution in [2.24, 2.45) is 0 Å². The molecule has 10 heteroatoms. The molecule has 0 radical (unpaired) electrons. The van der Waals surface area contributed by atoms with Crippen molar-refractivity contribution in [3.05, 3.63) is 29.3 Å². The van der Waals surface area contributed by atoms with Gasteiger partial charge in [-0.2, -0.15) is 0 Å². The number of nitrogens with one attached hydrogen (secondary N) is 2. The number of anilines is 1. The highest BCUT2D eigenvalue weighted by Crippen LogP contribution is 2.26. The van der Waals surface area contributed by atoms with Crippen molar-refractivity contribution in [2.75, 3.05) is 31.6 Å². The number of morpholine rings is 1. The van der Waals surface area contributed by atoms with Gasteiger partial charge in [-0.05, 0) is 49.9 Å². The molecular formula is C22H29ClN4O5. The molecule has 1 aromatic carbocycles. The Morgan fingerprint density at radius 1 is 1.12 bits per heavy atom. The lowest BCUT2D eigenvalue weighted by molar-refractivity contribution is -0.146. The van der Waals surface area contributed by atoms with Crippen LogP contribution in [0.5, 0.6) is 0 Å². The van der Waals surface area contributed by atoms with Crippen LogP contribution in [0.15, 0.2) is 24.3 Å². The Bertz CT molecular complexity index is 843. The minimum Gasteiger partial charge on any atom is -0.391 e. The van der Waals surface area contributed by atoms with E-state index in [1.807, 2.05) is 4.90 Å². The fraction of sp³-hybridized carbons (Fsp3) is 0.591. The summed E-state index contributed by atoms with van der Waals surface area (Å²) in [5.41, 5.74) is 0.566. The molecule has 4 rings (SSSR count). The molecule has 2 aliphatic heterocycles. The van der Waals surface area contributed by atoms with E-state index in [1.54, 1.807) is 24.3 Å². The summed E-state index contributed by atoms with van der Waals surface area (Å²) in [6.07, 6.45) is 2.65. The molecule has 2 atom stereocenters. The number of rotatable bonds is 4. The predicted molar refractivity (Wildman–Crippen MR) is 118 cm³/mol. The highest BCUT2D eigenvalue weighted by molar-refractivity contribution is 6.30. The maximum Gasteiger partial charge on any atom is 0.322 e. The summed E-state index contributed by atoms with van der Waals surface area (Å²) in [6, 6.07) is 5.72. The summed E-state index contributed by atoms with van der Waals surface area (Å²) < 4.78 is 5.20. The van der Waals surface area contributed by atoms with E-state index in [0.717, 1.165) is 25.7 Å². The SMILES string of the molecule is O=C(N[C@H]1CC[C@H](N2CCOCC2=O)CC1)[C@H]1C[C@@H](O)CN1C(=O)Nc1ccc(Cl)cc1. The van der Waals surface area contributed by atoms with Crippen molar-refractivity contribution < 1.29 is 24.2 Å². The van der Waals surface area contributed by atoms with Crippen molar-refractivity contribution in [3.63, 3.8) is 0 Å². The lowest BCUT2D eigenvalue weighted by atomic mass is 9.89. The standard InChI is InChI=1S/C22H29ClN4O5/c23-14-1-3-16(4-2-14)25-22(31)27-12-18(28)11-19(27)21(30)24-15-5-7-17(8-6-15)26-9-10-32-13-20(26)29/h1-4,15,17-19,28H,5-13H2,(H,24,30)(H,25,31)/t15-,17-,18-,19-/m1/s1. The zero-order chi connectivity index (χ0) is 22.7. The van der Waals surface area contributed by atoms with Crippen LogP contribution < -0.4 is 10.6 Å². The third-order valence-electron chi connectivity index (χ3n) is 6.44. The van der Waals surface area contributed by atoms with Crippen molar-refractivity contribution in [2.45, 2.75) is 56.3 Å². The second-order valence-corrected chi connectivity index (χ2v) is 9.08. The lowest BCUT2D eigenvalue weighted by Gasteiger charge is -2.39. The predicted octanol–water partition coefficient (Wildman–Crippen LogP) is 1.59. The number of hydrogen-bond donors (Lipinski definition) is 3. The van der Waals surface area contributed by atoms with E-state index < -0.39 is 18.2 Å². The van der Waals surface area contributed by atoms with Crippen LogP contribution in [-0.4, -0.2) is 83.3 Å². The molecule has 3 aliphatic rings. The van der Waals surface area contributed by atoms with Crippen molar-refractivity contribution in [3.8, 4) is 0 Å². The molecule has 3 N–H and O–H groups in total. The molecule has 2 heterocycles. The summed E-state index contributed by atoms with van der Waals surface area (Å²) in [5, 5.41) is 16.5. The number of carbonyl (C=O) groups excluding carboxylic acids is 3. The average molecular weight is 465 g/mol. The van der Waals surface area contributed by atoms with Crippen LogP contribution >= 0.6 is 11.6 Å². The van der Waals surface area contributed by atoms with E-state index >= 15 is 0 Å². The van der Waals surface area contributed by atoms with Gasteiger partial charge in [-0.3, -0.25) is 9.59 Å². The van der Waals surface area contributed by atoms with Crippen molar-refractivity contribution in [1.29, 1.82) is 0 Å². The topological polar surface area (TPSA) is 111 Å². The van der Waals surface area contributed by atoms with Gasteiger partial charge in [0.15, 0.2) is 0 Å². The highest BCUT2D eigenvalue weighted by atomic mass is 35.5. The minimum absolute atomic E-state index is 0.00573. The summed E-state index contributed by atoms with van der Waals surface area (Å²) in [5.74, 6) is -0.218. The number of benzene rings is 1. The van der Waals surface area contributed by atoms with Gasteiger partial charge in [0.05, 0.1) is 12.7 Å². The number of halogens is 1. The molecule has 1 aliphatic carbocycles. The fourth-order valence-corrected chi connectivity index (χ4v) is 4.89. The summed E-state index contributed by atoms with van der Waals surface area (Å²) >= 11 is 5.88. The van der Waals surface area contributed by atoms with Gasteiger partial charge in [-0.25, -0.2) is 4.79 Å². The Balaban J connectivity index is 1.30. The first-order valence-electron chi connectivity index (χ1n) is 11.1. The van der Waals surface area contributed by atoms with Crippen LogP contribution in [-0.2, 0) is 14.3 Å². The normalized spacial score (nSPS) is 28.5. The van der Waals surface area contributed by atoms with Gasteiger partial charge in [-0.1, -0.05) is 11.6 Å². The summed E-state index contributed by atoms with van der Waals surface area (Å²) in [4.78, 5) is 41.1. The van der Waals surface area contributed by atoms with E-state index in [2.05, 4.69) is 10.6 Å². The largest absolute Gasteiger partial charge is 0.391 e. The van der Waals surface area contributed by atoms with E-state index in [9.17, 15) is 19.5 Å². The number of aliphatic hydroxyl groups is 1. The number of amides is 4. The third kappa shape index (κ3) is 5.33. The smallest absolute Gasteiger partial charge is 0.322 e. The van der Waals surface area contributed by atoms with Crippen LogP contribution in [0.3, 0.4) is 0 Å². The van der Waals surface area contributed by atoms with Gasteiger partial charge in [0.2, 0.25) is 11.8 Å². The van der Waals surface area contributed by atoms with Gasteiger partial charge < -0.3 is 30.3 Å². The molecule has 0 aromatic heterocycles.